The first-order valence-electron chi connectivity index (χ1n) is 6.85. The first kappa shape index (κ1) is 15.1. The second-order valence-corrected chi connectivity index (χ2v) is 7.20. The van der Waals surface area contributed by atoms with Crippen LogP contribution in [0.4, 0.5) is 5.69 Å². The van der Waals surface area contributed by atoms with E-state index in [-0.39, 0.29) is 5.92 Å². The largest absolute Gasteiger partial charge is 0.493 e. The van der Waals surface area contributed by atoms with Crippen molar-refractivity contribution in [2.75, 3.05) is 38.3 Å². The van der Waals surface area contributed by atoms with Gasteiger partial charge in [0.15, 0.2) is 0 Å². The topological polar surface area (TPSA) is 58.6 Å². The summed E-state index contributed by atoms with van der Waals surface area (Å²) in [6, 6.07) is 7.75. The van der Waals surface area contributed by atoms with Gasteiger partial charge < -0.3 is 10.1 Å². The van der Waals surface area contributed by atoms with Crippen molar-refractivity contribution in [2.24, 2.45) is 5.92 Å². The van der Waals surface area contributed by atoms with Gasteiger partial charge in [0, 0.05) is 31.7 Å². The number of nitrogens with zero attached hydrogens (tertiary/aromatic N) is 1. The fourth-order valence-electron chi connectivity index (χ4n) is 2.40. The monoisotopic (exact) mass is 298 g/mol. The van der Waals surface area contributed by atoms with E-state index in [0.717, 1.165) is 24.3 Å². The molecule has 1 aliphatic heterocycles. The lowest BCUT2D eigenvalue weighted by molar-refractivity contribution is 0.181. The van der Waals surface area contributed by atoms with E-state index in [9.17, 15) is 8.42 Å². The van der Waals surface area contributed by atoms with Crippen LogP contribution in [0.2, 0.25) is 0 Å². The summed E-state index contributed by atoms with van der Waals surface area (Å²) in [5.74, 6) is 1.09. The molecule has 112 valence electrons. The Kier molecular flexibility index (Phi) is 4.88. The number of anilines is 1. The van der Waals surface area contributed by atoms with Gasteiger partial charge in [0.2, 0.25) is 10.0 Å². The van der Waals surface area contributed by atoms with Crippen LogP contribution in [0.1, 0.15) is 12.8 Å². The molecule has 0 aromatic heterocycles. The molecule has 0 spiro atoms. The van der Waals surface area contributed by atoms with Crippen molar-refractivity contribution in [1.29, 1.82) is 0 Å². The van der Waals surface area contributed by atoms with E-state index >= 15 is 0 Å². The quantitative estimate of drug-likeness (QED) is 0.900. The summed E-state index contributed by atoms with van der Waals surface area (Å²) in [4.78, 5) is 0. The molecule has 2 rings (SSSR count). The van der Waals surface area contributed by atoms with Crippen molar-refractivity contribution >= 4 is 15.7 Å². The summed E-state index contributed by atoms with van der Waals surface area (Å²) in [5.41, 5.74) is 1.04. The van der Waals surface area contributed by atoms with Crippen LogP contribution in [0.3, 0.4) is 0 Å². The Hall–Kier alpha value is -1.27. The smallest absolute Gasteiger partial charge is 0.211 e. The van der Waals surface area contributed by atoms with E-state index in [2.05, 4.69) is 5.32 Å². The zero-order chi connectivity index (χ0) is 14.6. The molecular weight excluding hydrogens is 276 g/mol. The molecule has 5 nitrogen and oxygen atoms in total. The second-order valence-electron chi connectivity index (χ2n) is 5.21. The third-order valence-electron chi connectivity index (χ3n) is 3.58. The molecule has 0 saturated carbocycles. The number of sulfonamides is 1. The molecule has 1 heterocycles. The van der Waals surface area contributed by atoms with Crippen LogP contribution in [-0.4, -0.2) is 45.7 Å². The number of ether oxygens (including phenoxy) is 1. The highest BCUT2D eigenvalue weighted by molar-refractivity contribution is 7.88. The third kappa shape index (κ3) is 4.11. The normalized spacial score (nSPS) is 20.6. The molecule has 1 atom stereocenters. The van der Waals surface area contributed by atoms with E-state index in [1.165, 1.54) is 6.26 Å². The minimum atomic E-state index is -3.08. The number of hydrogen-bond donors (Lipinski definition) is 1. The van der Waals surface area contributed by atoms with Crippen LogP contribution in [0.15, 0.2) is 24.3 Å². The highest BCUT2D eigenvalue weighted by atomic mass is 32.2. The SMILES string of the molecule is CNc1ccc(OCC2CCCN(S(C)(=O)=O)C2)cc1. The van der Waals surface area contributed by atoms with Gasteiger partial charge in [0.05, 0.1) is 12.9 Å². The third-order valence-corrected chi connectivity index (χ3v) is 4.85. The van der Waals surface area contributed by atoms with E-state index in [1.807, 2.05) is 31.3 Å². The van der Waals surface area contributed by atoms with Gasteiger partial charge >= 0.3 is 0 Å². The van der Waals surface area contributed by atoms with E-state index in [0.29, 0.717) is 19.7 Å². The van der Waals surface area contributed by atoms with Gasteiger partial charge in [-0.1, -0.05) is 0 Å². The van der Waals surface area contributed by atoms with Gasteiger partial charge in [0.1, 0.15) is 5.75 Å². The number of benzene rings is 1. The van der Waals surface area contributed by atoms with Crippen molar-refractivity contribution in [1.82, 2.24) is 4.31 Å². The molecule has 1 fully saturated rings. The first-order chi connectivity index (χ1) is 9.49. The lowest BCUT2D eigenvalue weighted by Gasteiger charge is -2.30. The summed E-state index contributed by atoms with van der Waals surface area (Å²) in [5, 5.41) is 3.05. The van der Waals surface area contributed by atoms with E-state index < -0.39 is 10.0 Å². The maximum atomic E-state index is 11.6. The van der Waals surface area contributed by atoms with Crippen LogP contribution < -0.4 is 10.1 Å². The highest BCUT2D eigenvalue weighted by Gasteiger charge is 2.26. The Labute approximate surface area is 121 Å². The molecule has 6 heteroatoms. The van der Waals surface area contributed by atoms with Crippen LogP contribution in [-0.2, 0) is 10.0 Å². The minimum Gasteiger partial charge on any atom is -0.493 e. The Bertz CT molecular complexity index is 528. The van der Waals surface area contributed by atoms with Gasteiger partial charge in [-0.15, -0.1) is 0 Å². The molecular formula is C14H22N2O3S. The Morgan fingerprint density at radius 2 is 2.05 bits per heavy atom. The molecule has 0 aliphatic carbocycles. The predicted octanol–water partition coefficient (Wildman–Crippen LogP) is 1.78. The highest BCUT2D eigenvalue weighted by Crippen LogP contribution is 2.21. The van der Waals surface area contributed by atoms with Crippen LogP contribution >= 0.6 is 0 Å². The molecule has 1 saturated heterocycles. The predicted molar refractivity (Wildman–Crippen MR) is 80.6 cm³/mol. The van der Waals surface area contributed by atoms with Gasteiger partial charge in [-0.05, 0) is 37.1 Å². The fraction of sp³-hybridized carbons (Fsp3) is 0.571. The Morgan fingerprint density at radius 1 is 1.35 bits per heavy atom. The van der Waals surface area contributed by atoms with E-state index in [4.69, 9.17) is 4.74 Å². The van der Waals surface area contributed by atoms with Crippen LogP contribution in [0, 0.1) is 5.92 Å². The molecule has 1 N–H and O–H groups in total. The summed E-state index contributed by atoms with van der Waals surface area (Å²) in [6.07, 6.45) is 3.19. The molecule has 1 unspecified atom stereocenters. The second kappa shape index (κ2) is 6.45. The average Bonchev–Trinajstić information content (AvgIpc) is 2.45. The van der Waals surface area contributed by atoms with E-state index in [1.54, 1.807) is 4.31 Å². The molecule has 0 bridgehead atoms. The first-order valence-corrected chi connectivity index (χ1v) is 8.69. The number of nitrogens with one attached hydrogen (secondary N) is 1. The van der Waals surface area contributed by atoms with Crippen molar-refractivity contribution in [3.05, 3.63) is 24.3 Å². The summed E-state index contributed by atoms with van der Waals surface area (Å²) in [6.45, 7) is 1.75. The maximum Gasteiger partial charge on any atom is 0.211 e. The van der Waals surface area contributed by atoms with Gasteiger partial charge in [-0.3, -0.25) is 0 Å². The lowest BCUT2D eigenvalue weighted by Crippen LogP contribution is -2.40. The zero-order valence-electron chi connectivity index (χ0n) is 12.0. The van der Waals surface area contributed by atoms with Crippen LogP contribution in [0.5, 0.6) is 5.75 Å². The molecule has 1 aliphatic rings. The Morgan fingerprint density at radius 3 is 2.65 bits per heavy atom. The molecule has 1 aromatic rings. The zero-order valence-corrected chi connectivity index (χ0v) is 12.8. The average molecular weight is 298 g/mol. The van der Waals surface area contributed by atoms with Gasteiger partial charge in [0.25, 0.3) is 0 Å². The summed E-state index contributed by atoms with van der Waals surface area (Å²) in [7, 11) is -1.21. The molecule has 0 radical (unpaired) electrons. The van der Waals surface area contributed by atoms with Crippen molar-refractivity contribution in [3.63, 3.8) is 0 Å². The number of rotatable bonds is 5. The molecule has 20 heavy (non-hydrogen) atoms. The minimum absolute atomic E-state index is 0.266. The van der Waals surface area contributed by atoms with Crippen LogP contribution in [0.25, 0.3) is 0 Å². The van der Waals surface area contributed by atoms with Gasteiger partial charge in [-0.25, -0.2) is 12.7 Å². The maximum absolute atomic E-state index is 11.6. The summed E-state index contributed by atoms with van der Waals surface area (Å²) >= 11 is 0. The number of piperidine rings is 1. The molecule has 0 amide bonds. The lowest BCUT2D eigenvalue weighted by atomic mass is 10.0. The number of hydrogen-bond acceptors (Lipinski definition) is 4. The standard InChI is InChI=1S/C14H22N2O3S/c1-15-13-5-7-14(8-6-13)19-11-12-4-3-9-16(10-12)20(2,17)18/h5-8,12,15H,3-4,9-11H2,1-2H3. The Balaban J connectivity index is 1.87. The molecule has 1 aromatic carbocycles. The van der Waals surface area contributed by atoms with Crippen molar-refractivity contribution < 1.29 is 13.2 Å². The fourth-order valence-corrected chi connectivity index (χ4v) is 3.34. The van der Waals surface area contributed by atoms with Crippen molar-refractivity contribution in [2.45, 2.75) is 12.8 Å². The summed E-state index contributed by atoms with van der Waals surface area (Å²) < 4.78 is 30.4. The van der Waals surface area contributed by atoms with Gasteiger partial charge in [-0.2, -0.15) is 0 Å². The van der Waals surface area contributed by atoms with Crippen molar-refractivity contribution in [3.8, 4) is 5.75 Å².